The number of halogens is 1. The van der Waals surface area contributed by atoms with Crippen molar-refractivity contribution < 1.29 is 24.0 Å². The molecule has 2 nitrogen and oxygen atoms in total. The summed E-state index contributed by atoms with van der Waals surface area (Å²) in [5.74, 6) is 0. The number of nitrogens with zero attached hydrogens (tertiary/aromatic N) is 2. The van der Waals surface area contributed by atoms with Crippen molar-refractivity contribution in [3.8, 4) is 0 Å². The Morgan fingerprint density at radius 2 is 1.04 bits per heavy atom. The van der Waals surface area contributed by atoms with E-state index in [1.165, 1.54) is 16.7 Å². The molecule has 0 saturated carbocycles. The third-order valence-corrected chi connectivity index (χ3v) is 4.42. The first kappa shape index (κ1) is 20.7. The molecule has 0 aliphatic heterocycles. The van der Waals surface area contributed by atoms with Gasteiger partial charge in [-0.1, -0.05) is 104 Å². The Morgan fingerprint density at radius 3 is 1.35 bits per heavy atom. The molecule has 4 aromatic rings. The van der Waals surface area contributed by atoms with Crippen molar-refractivity contribution in [3.05, 3.63) is 126 Å². The fourth-order valence-electron chi connectivity index (χ4n) is 3.39. The van der Waals surface area contributed by atoms with Gasteiger partial charge in [-0.2, -0.15) is 0 Å². The summed E-state index contributed by atoms with van der Waals surface area (Å²) in [5, 5.41) is 0. The van der Waals surface area contributed by atoms with E-state index in [-0.39, 0.29) is 47.0 Å². The average molecular weight is 461 g/mol. The van der Waals surface area contributed by atoms with Gasteiger partial charge in [0, 0.05) is 0 Å². The van der Waals surface area contributed by atoms with Gasteiger partial charge in [0.25, 0.3) is 0 Å². The van der Waals surface area contributed by atoms with E-state index in [0.717, 1.165) is 0 Å². The number of imidazole rings is 1. The van der Waals surface area contributed by atoms with Gasteiger partial charge in [-0.05, 0) is 16.7 Å². The second-order valence-corrected chi connectivity index (χ2v) is 5.72. The third-order valence-electron chi connectivity index (χ3n) is 4.42. The molecule has 4 rings (SSSR count). The summed E-state index contributed by atoms with van der Waals surface area (Å²) in [6, 6.07) is 31.6. The Kier molecular flexibility index (Phi) is 7.43. The summed E-state index contributed by atoms with van der Waals surface area (Å²) in [7, 11) is 0. The maximum Gasteiger partial charge on any atom is 2.00 e. The quantitative estimate of drug-likeness (QED) is 0.193. The molecule has 4 heteroatoms. The fourth-order valence-corrected chi connectivity index (χ4v) is 3.39. The van der Waals surface area contributed by atoms with Gasteiger partial charge in [-0.15, -0.1) is 6.20 Å². The van der Waals surface area contributed by atoms with E-state index >= 15 is 0 Å². The minimum atomic E-state index is -0.475. The molecule has 0 atom stereocenters. The van der Waals surface area contributed by atoms with Gasteiger partial charge in [0.1, 0.15) is 5.54 Å². The molecule has 1 heterocycles. The van der Waals surface area contributed by atoms with Crippen molar-refractivity contribution in [1.82, 2.24) is 9.55 Å². The Morgan fingerprint density at radius 1 is 0.654 bits per heavy atom. The molecule has 3 aromatic carbocycles. The monoisotopic (exact) mass is 460 g/mol. The van der Waals surface area contributed by atoms with Gasteiger partial charge >= 0.3 is 23.1 Å². The van der Waals surface area contributed by atoms with Crippen LogP contribution in [0.15, 0.2) is 104 Å². The molecule has 0 unspecified atom stereocenters. The van der Waals surface area contributed by atoms with Crippen LogP contribution in [0.2, 0.25) is 0 Å². The number of aromatic nitrogens is 2. The first-order valence-electron chi connectivity index (χ1n) is 7.99. The molecule has 0 N–H and O–H groups in total. The van der Waals surface area contributed by atoms with Crippen molar-refractivity contribution in [3.63, 3.8) is 0 Å². The number of rotatable bonds is 4. The molecule has 0 saturated heterocycles. The topological polar surface area (TPSA) is 17.8 Å². The van der Waals surface area contributed by atoms with Crippen molar-refractivity contribution in [2.24, 2.45) is 0 Å². The molecule has 124 valence electrons. The summed E-state index contributed by atoms with van der Waals surface area (Å²) in [6.07, 6.45) is 6.71. The van der Waals surface area contributed by atoms with E-state index in [4.69, 9.17) is 0 Å². The normalized spacial score (nSPS) is 10.5. The standard InChI is InChI=1S/C22H17N2.HI.Mg/c1-4-10-19(11-5-1)22(24-17-16-23-18-24,20-12-6-2-7-13-20)21-14-8-3-9-15-21;;/h1-15,17-18H;1H;/q-1;;+2/p-1. The zero-order valence-electron chi connectivity index (χ0n) is 14.3. The van der Waals surface area contributed by atoms with Crippen LogP contribution in [0.3, 0.4) is 0 Å². The Balaban J connectivity index is 0.00000121. The van der Waals surface area contributed by atoms with E-state index in [2.05, 4.69) is 88.5 Å². The number of benzene rings is 3. The van der Waals surface area contributed by atoms with E-state index in [1.807, 2.05) is 30.7 Å². The fraction of sp³-hybridized carbons (Fsp3) is 0.0455. The van der Waals surface area contributed by atoms with Crippen molar-refractivity contribution >= 4 is 23.1 Å². The van der Waals surface area contributed by atoms with Gasteiger partial charge in [-0.25, -0.2) is 0 Å². The predicted molar refractivity (Wildman–Crippen MR) is 101 cm³/mol. The van der Waals surface area contributed by atoms with E-state index in [9.17, 15) is 0 Å². The summed E-state index contributed by atoms with van der Waals surface area (Å²) in [5.41, 5.74) is 3.09. The molecule has 1 aromatic heterocycles. The van der Waals surface area contributed by atoms with Crippen LogP contribution in [0.25, 0.3) is 0 Å². The molecule has 0 bridgehead atoms. The average Bonchev–Trinajstić information content (AvgIpc) is 3.20. The van der Waals surface area contributed by atoms with Gasteiger partial charge in [0.15, 0.2) is 0 Å². The zero-order valence-corrected chi connectivity index (χ0v) is 17.9. The first-order valence-corrected chi connectivity index (χ1v) is 7.99. The first-order chi connectivity index (χ1) is 11.9. The summed E-state index contributed by atoms with van der Waals surface area (Å²) >= 11 is 0. The molecule has 0 aliphatic rings. The molecule has 0 fully saturated rings. The predicted octanol–water partition coefficient (Wildman–Crippen LogP) is 1.15. The number of hydrogen-bond donors (Lipinski definition) is 0. The maximum absolute atomic E-state index is 4.20. The second-order valence-electron chi connectivity index (χ2n) is 5.72. The Labute approximate surface area is 187 Å². The van der Waals surface area contributed by atoms with Crippen LogP contribution >= 0.6 is 0 Å². The van der Waals surface area contributed by atoms with Gasteiger partial charge < -0.3 is 33.5 Å². The zero-order chi connectivity index (χ0) is 16.2. The maximum atomic E-state index is 4.20. The summed E-state index contributed by atoms with van der Waals surface area (Å²) < 4.78 is 2.13. The molecule has 0 aliphatic carbocycles. The van der Waals surface area contributed by atoms with E-state index in [1.54, 1.807) is 0 Å². The van der Waals surface area contributed by atoms with Crippen LogP contribution in [-0.2, 0) is 5.54 Å². The SMILES string of the molecule is [I-].[Mg+2].[c-]1cn(C(c2ccccc2)(c2ccccc2)c2ccccc2)cn1. The molecule has 0 radical (unpaired) electrons. The van der Waals surface area contributed by atoms with E-state index < -0.39 is 5.54 Å². The molecule has 26 heavy (non-hydrogen) atoms. The van der Waals surface area contributed by atoms with Gasteiger partial charge in [0.2, 0.25) is 0 Å². The summed E-state index contributed by atoms with van der Waals surface area (Å²) in [4.78, 5) is 4.20. The second kappa shape index (κ2) is 9.35. The summed E-state index contributed by atoms with van der Waals surface area (Å²) in [6.45, 7) is 0. The minimum Gasteiger partial charge on any atom is -1.00 e. The Hall–Kier alpha value is -1.63. The molecule has 0 spiro atoms. The van der Waals surface area contributed by atoms with Crippen molar-refractivity contribution in [2.45, 2.75) is 5.54 Å². The van der Waals surface area contributed by atoms with Crippen molar-refractivity contribution in [1.29, 1.82) is 0 Å². The van der Waals surface area contributed by atoms with Gasteiger partial charge in [-0.3, -0.25) is 0 Å². The van der Waals surface area contributed by atoms with Gasteiger partial charge in [0.05, 0.1) is 0 Å². The van der Waals surface area contributed by atoms with Crippen LogP contribution in [0, 0.1) is 6.20 Å². The van der Waals surface area contributed by atoms with Crippen molar-refractivity contribution in [2.75, 3.05) is 0 Å². The largest absolute Gasteiger partial charge is 2.00 e. The van der Waals surface area contributed by atoms with Crippen LogP contribution in [0.5, 0.6) is 0 Å². The smallest absolute Gasteiger partial charge is 1.00 e. The number of hydrogen-bond acceptors (Lipinski definition) is 1. The van der Waals surface area contributed by atoms with Crippen LogP contribution in [0.4, 0.5) is 0 Å². The van der Waals surface area contributed by atoms with Crippen LogP contribution in [0.1, 0.15) is 16.7 Å². The molecular formula is C22H17IMgN2. The minimum absolute atomic E-state index is 0. The Bertz CT molecular complexity index is 798. The van der Waals surface area contributed by atoms with E-state index in [0.29, 0.717) is 0 Å². The molecule has 0 amide bonds. The molecular weight excluding hydrogens is 443 g/mol. The van der Waals surface area contributed by atoms with Crippen LogP contribution in [-0.4, -0.2) is 32.6 Å². The third kappa shape index (κ3) is 3.59. The van der Waals surface area contributed by atoms with Crippen LogP contribution < -0.4 is 24.0 Å².